The Morgan fingerprint density at radius 2 is 2.00 bits per heavy atom. The molecule has 9 heteroatoms. The van der Waals surface area contributed by atoms with Crippen LogP contribution in [0.25, 0.3) is 5.43 Å². The maximum Gasteiger partial charge on any atom is 0.161 e. The van der Waals surface area contributed by atoms with E-state index in [9.17, 15) is 10.2 Å². The Morgan fingerprint density at radius 1 is 1.26 bits per heavy atom. The quantitative estimate of drug-likeness (QED) is 0.490. The van der Waals surface area contributed by atoms with Crippen molar-refractivity contribution in [2.45, 2.75) is 19.7 Å². The number of rotatable bonds is 7. The first kappa shape index (κ1) is 23.7. The van der Waals surface area contributed by atoms with Crippen molar-refractivity contribution in [2.75, 3.05) is 6.61 Å². The third-order valence-electron chi connectivity index (χ3n) is 2.66. The molecule has 1 radical (unpaired) electrons. The summed E-state index contributed by atoms with van der Waals surface area (Å²) >= 11 is 0. The third-order valence-corrected chi connectivity index (χ3v) is 2.66. The van der Waals surface area contributed by atoms with E-state index < -0.39 is 6.23 Å². The van der Waals surface area contributed by atoms with E-state index in [1.807, 2.05) is 6.92 Å². The van der Waals surface area contributed by atoms with Crippen molar-refractivity contribution in [3.05, 3.63) is 53.3 Å². The summed E-state index contributed by atoms with van der Waals surface area (Å²) in [5.74, 6) is 0.861. The number of nitrogens with one attached hydrogen (secondary N) is 1. The zero-order valence-corrected chi connectivity index (χ0v) is 14.0. The molecule has 1 aromatic heterocycles. The van der Waals surface area contributed by atoms with Gasteiger partial charge in [-0.05, 0) is 30.7 Å². The Morgan fingerprint density at radius 3 is 2.61 bits per heavy atom. The van der Waals surface area contributed by atoms with Crippen LogP contribution in [-0.2, 0) is 25.1 Å². The topological polar surface area (TPSA) is 152 Å². The van der Waals surface area contributed by atoms with E-state index in [0.717, 1.165) is 0 Å². The molecule has 1 unspecified atom stereocenters. The predicted molar refractivity (Wildman–Crippen MR) is 80.4 cm³/mol. The molecule has 0 aliphatic rings. The van der Waals surface area contributed by atoms with Gasteiger partial charge in [0.15, 0.2) is 11.5 Å². The van der Waals surface area contributed by atoms with E-state index in [1.165, 1.54) is 6.26 Å². The van der Waals surface area contributed by atoms with Gasteiger partial charge in [0.2, 0.25) is 0 Å². The molecule has 2 aromatic rings. The van der Waals surface area contributed by atoms with Gasteiger partial charge in [-0.2, -0.15) is 0 Å². The average molecular weight is 364 g/mol. The number of aliphatic hydroxyl groups is 1. The molecule has 8 nitrogen and oxygen atoms in total. The zero-order valence-electron chi connectivity index (χ0n) is 12.6. The van der Waals surface area contributed by atoms with Crippen molar-refractivity contribution in [3.63, 3.8) is 0 Å². The SMILES string of the molecule is CCOc1cccc(C[N-]NC(O)c2ccco2)c1O.O.O.[V]. The van der Waals surface area contributed by atoms with Crippen LogP contribution < -0.4 is 10.2 Å². The van der Waals surface area contributed by atoms with Gasteiger partial charge < -0.3 is 41.2 Å². The molecular formula is C14H21N2O6V-. The Balaban J connectivity index is 0. The number of aliphatic hydroxyl groups excluding tert-OH is 1. The summed E-state index contributed by atoms with van der Waals surface area (Å²) in [6.45, 7) is 2.52. The molecular weight excluding hydrogens is 343 g/mol. The van der Waals surface area contributed by atoms with E-state index in [4.69, 9.17) is 9.15 Å². The zero-order chi connectivity index (χ0) is 14.4. The van der Waals surface area contributed by atoms with Gasteiger partial charge in [-0.25, -0.2) is 0 Å². The average Bonchev–Trinajstić information content (AvgIpc) is 2.97. The summed E-state index contributed by atoms with van der Waals surface area (Å²) in [4.78, 5) is 0. The van der Waals surface area contributed by atoms with Crippen molar-refractivity contribution in [1.82, 2.24) is 5.43 Å². The van der Waals surface area contributed by atoms with Crippen molar-refractivity contribution in [3.8, 4) is 11.5 Å². The number of aromatic hydroxyl groups is 1. The first-order valence-corrected chi connectivity index (χ1v) is 6.29. The van der Waals surface area contributed by atoms with Crippen LogP contribution >= 0.6 is 0 Å². The number of para-hydroxylation sites is 1. The Kier molecular flexibility index (Phi) is 12.4. The number of phenolic OH excluding ortho intramolecular Hbond substituents is 1. The standard InChI is InChI=1S/C14H17N2O4.2H2O.V/c1-2-19-11-6-3-5-10(13(11)17)9-15-16-14(18)12-7-4-8-20-12;;;/h3-8,14,16-18H,2,9H2,1H3;2*1H2;/q-1;;;. The van der Waals surface area contributed by atoms with Crippen LogP contribution in [0.4, 0.5) is 0 Å². The van der Waals surface area contributed by atoms with Crippen molar-refractivity contribution < 1.29 is 48.9 Å². The number of phenols is 1. The van der Waals surface area contributed by atoms with E-state index >= 15 is 0 Å². The van der Waals surface area contributed by atoms with Gasteiger partial charge in [0.1, 0.15) is 12.0 Å². The second kappa shape index (κ2) is 12.0. The first-order chi connectivity index (χ1) is 9.72. The fraction of sp³-hybridized carbons (Fsp3) is 0.286. The van der Waals surface area contributed by atoms with Gasteiger partial charge in [-0.1, -0.05) is 12.1 Å². The Labute approximate surface area is 145 Å². The van der Waals surface area contributed by atoms with E-state index in [1.54, 1.807) is 30.3 Å². The molecule has 0 saturated heterocycles. The van der Waals surface area contributed by atoms with E-state index in [-0.39, 0.29) is 41.8 Å². The summed E-state index contributed by atoms with van der Waals surface area (Å²) in [5.41, 5.74) is 7.14. The van der Waals surface area contributed by atoms with Gasteiger partial charge in [0, 0.05) is 18.6 Å². The van der Waals surface area contributed by atoms with Crippen LogP contribution in [0, 0.1) is 0 Å². The summed E-state index contributed by atoms with van der Waals surface area (Å²) in [7, 11) is 0. The van der Waals surface area contributed by atoms with Crippen LogP contribution in [0.15, 0.2) is 41.0 Å². The minimum absolute atomic E-state index is 0. The summed E-state index contributed by atoms with van der Waals surface area (Å²) < 4.78 is 10.3. The molecule has 0 spiro atoms. The summed E-state index contributed by atoms with van der Waals surface area (Å²) in [5, 5.41) is 19.7. The van der Waals surface area contributed by atoms with E-state index in [0.29, 0.717) is 23.7 Å². The number of hydrogen-bond acceptors (Lipinski definition) is 5. The molecule has 129 valence electrons. The van der Waals surface area contributed by atoms with Crippen molar-refractivity contribution in [2.24, 2.45) is 0 Å². The van der Waals surface area contributed by atoms with Crippen LogP contribution in [0.2, 0.25) is 0 Å². The Hall–Kier alpha value is -1.52. The van der Waals surface area contributed by atoms with Gasteiger partial charge in [0.25, 0.3) is 0 Å². The fourth-order valence-electron chi connectivity index (χ4n) is 1.70. The number of nitrogens with zero attached hydrogens (tertiary/aromatic N) is 1. The van der Waals surface area contributed by atoms with Crippen LogP contribution in [0.1, 0.15) is 24.5 Å². The fourth-order valence-corrected chi connectivity index (χ4v) is 1.70. The van der Waals surface area contributed by atoms with Gasteiger partial charge in [-0.3, -0.25) is 0 Å². The smallest absolute Gasteiger partial charge is 0.161 e. The number of hydrogen-bond donors (Lipinski definition) is 3. The molecule has 0 fully saturated rings. The largest absolute Gasteiger partial charge is 0.591 e. The minimum atomic E-state index is -1.01. The first-order valence-electron chi connectivity index (χ1n) is 6.29. The van der Waals surface area contributed by atoms with Crippen LogP contribution in [0.5, 0.6) is 11.5 Å². The molecule has 1 aromatic carbocycles. The summed E-state index contributed by atoms with van der Waals surface area (Å²) in [6, 6.07) is 8.52. The van der Waals surface area contributed by atoms with Crippen molar-refractivity contribution in [1.29, 1.82) is 0 Å². The molecule has 2 rings (SSSR count). The third kappa shape index (κ3) is 6.63. The Bertz CT molecular complexity index is 538. The number of benzene rings is 1. The maximum absolute atomic E-state index is 9.98. The molecule has 0 saturated carbocycles. The molecule has 7 N–H and O–H groups in total. The van der Waals surface area contributed by atoms with Gasteiger partial charge in [0.05, 0.1) is 12.9 Å². The van der Waals surface area contributed by atoms with E-state index in [2.05, 4.69) is 10.9 Å². The molecule has 0 amide bonds. The molecule has 0 aliphatic heterocycles. The monoisotopic (exact) mass is 364 g/mol. The van der Waals surface area contributed by atoms with Gasteiger partial charge >= 0.3 is 0 Å². The van der Waals surface area contributed by atoms with Gasteiger partial charge in [-0.15, -0.1) is 6.54 Å². The second-order valence-corrected chi connectivity index (χ2v) is 4.06. The molecule has 1 atom stereocenters. The van der Waals surface area contributed by atoms with Crippen molar-refractivity contribution >= 4 is 0 Å². The minimum Gasteiger partial charge on any atom is -0.591 e. The maximum atomic E-state index is 9.98. The summed E-state index contributed by atoms with van der Waals surface area (Å²) in [6.07, 6.45) is 0.458. The van der Waals surface area contributed by atoms with Crippen LogP contribution in [-0.4, -0.2) is 27.8 Å². The number of ether oxygens (including phenoxy) is 1. The molecule has 0 aliphatic carbocycles. The predicted octanol–water partition coefficient (Wildman–Crippen LogP) is 0.801. The van der Waals surface area contributed by atoms with Crippen LogP contribution in [0.3, 0.4) is 0 Å². The second-order valence-electron chi connectivity index (χ2n) is 4.06. The normalized spacial score (nSPS) is 10.7. The molecule has 1 heterocycles. The molecule has 23 heavy (non-hydrogen) atoms. The number of furan rings is 1. The molecule has 0 bridgehead atoms.